The third kappa shape index (κ3) is 3.49. The monoisotopic (exact) mass is 296 g/mol. The highest BCUT2D eigenvalue weighted by Gasteiger charge is 2.26. The molecule has 0 bridgehead atoms. The number of hydrogen-bond donors (Lipinski definition) is 1. The Labute approximate surface area is 124 Å². The quantitative estimate of drug-likeness (QED) is 0.872. The van der Waals surface area contributed by atoms with Crippen LogP contribution in [0, 0.1) is 5.92 Å². The van der Waals surface area contributed by atoms with Gasteiger partial charge in [0.15, 0.2) is 0 Å². The average Bonchev–Trinajstić information content (AvgIpc) is 2.45. The summed E-state index contributed by atoms with van der Waals surface area (Å²) in [6, 6.07) is 3.44. The topological polar surface area (TPSA) is 53.4 Å². The zero-order valence-corrected chi connectivity index (χ0v) is 12.7. The number of aryl methyl sites for hydroxylation is 1. The van der Waals surface area contributed by atoms with Crippen molar-refractivity contribution in [3.8, 4) is 0 Å². The Morgan fingerprint density at radius 3 is 2.70 bits per heavy atom. The molecule has 1 fully saturated rings. The van der Waals surface area contributed by atoms with Gasteiger partial charge in [0, 0.05) is 24.3 Å². The van der Waals surface area contributed by atoms with Gasteiger partial charge in [-0.2, -0.15) is 0 Å². The summed E-state index contributed by atoms with van der Waals surface area (Å²) in [6.45, 7) is 5.19. The fourth-order valence-corrected chi connectivity index (χ4v) is 2.85. The van der Waals surface area contributed by atoms with Crippen LogP contribution in [0.3, 0.4) is 0 Å². The van der Waals surface area contributed by atoms with Crippen LogP contribution >= 0.6 is 11.6 Å². The van der Waals surface area contributed by atoms with Crippen molar-refractivity contribution in [1.29, 1.82) is 0 Å². The summed E-state index contributed by atoms with van der Waals surface area (Å²) in [5.74, 6) is 0.305. The van der Waals surface area contributed by atoms with E-state index in [1.54, 1.807) is 6.07 Å². The minimum absolute atomic E-state index is 0.00745. The van der Waals surface area contributed by atoms with Crippen LogP contribution in [0.4, 0.5) is 0 Å². The number of halogens is 1. The normalized spacial score (nSPS) is 18.1. The molecule has 0 aromatic carbocycles. The minimum atomic E-state index is -0.297. The van der Waals surface area contributed by atoms with Gasteiger partial charge in [-0.15, -0.1) is 0 Å². The highest BCUT2D eigenvalue weighted by molar-refractivity contribution is 6.29. The molecule has 1 aliphatic rings. The number of carbonyl (C=O) groups excluding carboxylic acids is 1. The largest absolute Gasteiger partial charge is 0.393 e. The van der Waals surface area contributed by atoms with Gasteiger partial charge < -0.3 is 10.0 Å². The predicted molar refractivity (Wildman–Crippen MR) is 78.9 cm³/mol. The van der Waals surface area contributed by atoms with Crippen molar-refractivity contribution in [2.75, 3.05) is 13.1 Å². The lowest BCUT2D eigenvalue weighted by Crippen LogP contribution is -2.40. The Hall–Kier alpha value is -1.13. The molecule has 4 nitrogen and oxygen atoms in total. The average molecular weight is 297 g/mol. The van der Waals surface area contributed by atoms with E-state index in [1.807, 2.05) is 24.8 Å². The maximum absolute atomic E-state index is 12.5. The van der Waals surface area contributed by atoms with Gasteiger partial charge in [0.1, 0.15) is 5.15 Å². The molecule has 5 heteroatoms. The van der Waals surface area contributed by atoms with E-state index in [1.165, 1.54) is 0 Å². The number of aliphatic hydroxyl groups is 1. The Kier molecular flexibility index (Phi) is 5.00. The second kappa shape index (κ2) is 6.55. The second-order valence-corrected chi connectivity index (χ2v) is 5.78. The number of amides is 1. The summed E-state index contributed by atoms with van der Waals surface area (Å²) in [6.07, 6.45) is 2.16. The number of hydrogen-bond acceptors (Lipinski definition) is 3. The first-order chi connectivity index (χ1) is 9.51. The highest BCUT2D eigenvalue weighted by Crippen LogP contribution is 2.22. The number of pyridine rings is 1. The Balaban J connectivity index is 2.07. The molecule has 1 aromatic heterocycles. The van der Waals surface area contributed by atoms with Crippen molar-refractivity contribution in [2.24, 2.45) is 5.92 Å². The van der Waals surface area contributed by atoms with Crippen LogP contribution in [0.5, 0.6) is 0 Å². The second-order valence-electron chi connectivity index (χ2n) is 5.39. The number of aliphatic hydroxyl groups excluding tert-OH is 1. The van der Waals surface area contributed by atoms with Gasteiger partial charge in [0.05, 0.1) is 6.10 Å². The summed E-state index contributed by atoms with van der Waals surface area (Å²) in [7, 11) is 0. The van der Waals surface area contributed by atoms with E-state index < -0.39 is 0 Å². The molecule has 110 valence electrons. The molecule has 20 heavy (non-hydrogen) atoms. The summed E-state index contributed by atoms with van der Waals surface area (Å²) in [5, 5.41) is 9.96. The standard InChI is InChI=1S/C15H21ClN2O2/c1-3-13-8-12(9-14(16)17-13)15(20)18-6-4-11(5-7-18)10(2)19/h8-11,19H,3-7H2,1-2H3. The van der Waals surface area contributed by atoms with Gasteiger partial charge in [-0.1, -0.05) is 18.5 Å². The van der Waals surface area contributed by atoms with Crippen molar-refractivity contribution in [3.05, 3.63) is 28.5 Å². The van der Waals surface area contributed by atoms with E-state index >= 15 is 0 Å². The lowest BCUT2D eigenvalue weighted by atomic mass is 9.92. The molecule has 1 saturated heterocycles. The van der Waals surface area contributed by atoms with E-state index in [0.29, 0.717) is 29.7 Å². The fourth-order valence-electron chi connectivity index (χ4n) is 2.62. The summed E-state index contributed by atoms with van der Waals surface area (Å²) < 4.78 is 0. The van der Waals surface area contributed by atoms with Crippen LogP contribution in [0.2, 0.25) is 5.15 Å². The molecule has 0 spiro atoms. The van der Waals surface area contributed by atoms with Crippen molar-refractivity contribution < 1.29 is 9.90 Å². The SMILES string of the molecule is CCc1cc(C(=O)N2CCC(C(C)O)CC2)cc(Cl)n1. The lowest BCUT2D eigenvalue weighted by Gasteiger charge is -2.33. The number of aromatic nitrogens is 1. The van der Waals surface area contributed by atoms with Gasteiger partial charge >= 0.3 is 0 Å². The summed E-state index contributed by atoms with van der Waals surface area (Å²) >= 11 is 5.96. The number of carbonyl (C=O) groups is 1. The van der Waals surface area contributed by atoms with E-state index in [9.17, 15) is 9.90 Å². The summed E-state index contributed by atoms with van der Waals surface area (Å²) in [5.41, 5.74) is 1.44. The van der Waals surface area contributed by atoms with Crippen molar-refractivity contribution in [1.82, 2.24) is 9.88 Å². The van der Waals surface area contributed by atoms with Crippen LogP contribution in [0.25, 0.3) is 0 Å². The molecule has 1 atom stereocenters. The molecule has 0 aliphatic carbocycles. The highest BCUT2D eigenvalue weighted by atomic mass is 35.5. The first kappa shape index (κ1) is 15.3. The van der Waals surface area contributed by atoms with Gasteiger partial charge in [-0.3, -0.25) is 4.79 Å². The molecule has 0 radical (unpaired) electrons. The maximum atomic E-state index is 12.5. The number of nitrogens with zero attached hydrogens (tertiary/aromatic N) is 2. The number of piperidine rings is 1. The van der Waals surface area contributed by atoms with E-state index in [2.05, 4.69) is 4.98 Å². The van der Waals surface area contributed by atoms with E-state index in [4.69, 9.17) is 11.6 Å². The smallest absolute Gasteiger partial charge is 0.254 e. The molecule has 1 amide bonds. The van der Waals surface area contributed by atoms with Crippen LogP contribution < -0.4 is 0 Å². The lowest BCUT2D eigenvalue weighted by molar-refractivity contribution is 0.0521. The third-order valence-corrected chi connectivity index (χ3v) is 4.16. The van der Waals surface area contributed by atoms with Gasteiger partial charge in [0.2, 0.25) is 0 Å². The van der Waals surface area contributed by atoms with Crippen molar-refractivity contribution in [2.45, 2.75) is 39.2 Å². The van der Waals surface area contributed by atoms with E-state index in [-0.39, 0.29) is 12.0 Å². The molecule has 2 rings (SSSR count). The molecule has 1 aliphatic heterocycles. The minimum Gasteiger partial charge on any atom is -0.393 e. The van der Waals surface area contributed by atoms with Gasteiger partial charge in [-0.25, -0.2) is 4.98 Å². The zero-order chi connectivity index (χ0) is 14.7. The van der Waals surface area contributed by atoms with Crippen molar-refractivity contribution >= 4 is 17.5 Å². The first-order valence-electron chi connectivity index (χ1n) is 7.15. The first-order valence-corrected chi connectivity index (χ1v) is 7.53. The van der Waals surface area contributed by atoms with Crippen LogP contribution in [0.15, 0.2) is 12.1 Å². The van der Waals surface area contributed by atoms with E-state index in [0.717, 1.165) is 25.0 Å². The van der Waals surface area contributed by atoms with Gasteiger partial charge in [-0.05, 0) is 44.2 Å². The zero-order valence-electron chi connectivity index (χ0n) is 12.0. The van der Waals surface area contributed by atoms with Crippen LogP contribution in [-0.4, -0.2) is 40.1 Å². The third-order valence-electron chi connectivity index (χ3n) is 3.97. The Bertz CT molecular complexity index is 483. The van der Waals surface area contributed by atoms with Crippen LogP contribution in [-0.2, 0) is 6.42 Å². The summed E-state index contributed by atoms with van der Waals surface area (Å²) in [4.78, 5) is 18.5. The Morgan fingerprint density at radius 1 is 1.50 bits per heavy atom. The maximum Gasteiger partial charge on any atom is 0.254 e. The molecule has 2 heterocycles. The molecule has 1 aromatic rings. The molecule has 1 unspecified atom stereocenters. The van der Waals surface area contributed by atoms with Crippen LogP contribution in [0.1, 0.15) is 42.7 Å². The van der Waals surface area contributed by atoms with Gasteiger partial charge in [0.25, 0.3) is 5.91 Å². The molecular formula is C15H21ClN2O2. The Morgan fingerprint density at radius 2 is 2.15 bits per heavy atom. The van der Waals surface area contributed by atoms with Crippen molar-refractivity contribution in [3.63, 3.8) is 0 Å². The number of likely N-dealkylation sites (tertiary alicyclic amines) is 1. The number of rotatable bonds is 3. The fraction of sp³-hybridized carbons (Fsp3) is 0.600. The predicted octanol–water partition coefficient (Wildman–Crippen LogP) is 2.53. The molecular weight excluding hydrogens is 276 g/mol. The molecule has 1 N–H and O–H groups in total. The molecule has 0 saturated carbocycles.